The molecule has 0 spiro atoms. The maximum Gasteiger partial charge on any atom is 0.252 e. The number of nitrogens with one attached hydrogen (secondary N) is 1. The van der Waals surface area contributed by atoms with E-state index >= 15 is 0 Å². The number of anilines is 1. The van der Waals surface area contributed by atoms with E-state index in [4.69, 9.17) is 5.73 Å². The first kappa shape index (κ1) is 15.1. The molecule has 0 bridgehead atoms. The number of aryl methyl sites for hydroxylation is 2. The number of carbonyl (C=O) groups excluding carboxylic acids is 1. The Balaban J connectivity index is 2.23. The van der Waals surface area contributed by atoms with E-state index in [0.29, 0.717) is 11.3 Å². The van der Waals surface area contributed by atoms with Gasteiger partial charge in [-0.25, -0.2) is 0 Å². The van der Waals surface area contributed by atoms with Crippen molar-refractivity contribution in [3.63, 3.8) is 0 Å². The number of hydrogen-bond donors (Lipinski definition) is 2. The van der Waals surface area contributed by atoms with Crippen LogP contribution in [0, 0.1) is 20.8 Å². The molecule has 2 aromatic carbocycles. The Hall–Kier alpha value is -2.29. The Labute approximate surface area is 126 Å². The van der Waals surface area contributed by atoms with Crippen LogP contribution in [-0.4, -0.2) is 5.91 Å². The zero-order chi connectivity index (χ0) is 15.6. The van der Waals surface area contributed by atoms with Gasteiger partial charge in [-0.05, 0) is 56.5 Å². The summed E-state index contributed by atoms with van der Waals surface area (Å²) < 4.78 is 0. The molecule has 0 aliphatic rings. The topological polar surface area (TPSA) is 55.1 Å². The molecule has 2 rings (SSSR count). The molecule has 1 atom stereocenters. The number of amides is 1. The first-order chi connectivity index (χ1) is 9.90. The Morgan fingerprint density at radius 2 is 1.86 bits per heavy atom. The molecular formula is C18H22N2O. The fraction of sp³-hybridized carbons (Fsp3) is 0.278. The highest BCUT2D eigenvalue weighted by Crippen LogP contribution is 2.21. The van der Waals surface area contributed by atoms with Crippen molar-refractivity contribution in [1.82, 2.24) is 5.32 Å². The summed E-state index contributed by atoms with van der Waals surface area (Å²) in [6.07, 6.45) is 0. The van der Waals surface area contributed by atoms with E-state index in [1.807, 2.05) is 13.8 Å². The number of hydrogen-bond acceptors (Lipinski definition) is 2. The van der Waals surface area contributed by atoms with Gasteiger partial charge in [-0.1, -0.05) is 29.8 Å². The van der Waals surface area contributed by atoms with Crippen molar-refractivity contribution < 1.29 is 4.79 Å². The molecule has 0 aliphatic carbocycles. The Bertz CT molecular complexity index is 677. The van der Waals surface area contributed by atoms with Gasteiger partial charge in [-0.2, -0.15) is 0 Å². The van der Waals surface area contributed by atoms with Crippen LogP contribution in [0.5, 0.6) is 0 Å². The van der Waals surface area contributed by atoms with E-state index in [9.17, 15) is 4.79 Å². The van der Waals surface area contributed by atoms with Crippen molar-refractivity contribution in [1.29, 1.82) is 0 Å². The molecule has 1 unspecified atom stereocenters. The van der Waals surface area contributed by atoms with Gasteiger partial charge < -0.3 is 11.1 Å². The third kappa shape index (κ3) is 3.24. The Kier molecular flexibility index (Phi) is 4.32. The molecule has 110 valence electrons. The molecule has 1 amide bonds. The molecule has 0 radical (unpaired) electrons. The largest absolute Gasteiger partial charge is 0.398 e. The first-order valence-electron chi connectivity index (χ1n) is 7.13. The van der Waals surface area contributed by atoms with E-state index in [0.717, 1.165) is 11.1 Å². The molecule has 3 heteroatoms. The summed E-state index contributed by atoms with van der Waals surface area (Å²) in [7, 11) is 0. The van der Waals surface area contributed by atoms with Gasteiger partial charge in [-0.15, -0.1) is 0 Å². The van der Waals surface area contributed by atoms with Crippen molar-refractivity contribution in [2.45, 2.75) is 33.7 Å². The molecule has 0 aromatic heterocycles. The summed E-state index contributed by atoms with van der Waals surface area (Å²) in [5.41, 5.74) is 11.5. The third-order valence-electron chi connectivity index (χ3n) is 3.87. The number of nitrogen functional groups attached to an aromatic ring is 1. The van der Waals surface area contributed by atoms with Crippen LogP contribution in [0.4, 0.5) is 5.69 Å². The normalized spacial score (nSPS) is 12.0. The van der Waals surface area contributed by atoms with Crippen LogP contribution in [0.3, 0.4) is 0 Å². The van der Waals surface area contributed by atoms with Crippen molar-refractivity contribution in [3.05, 3.63) is 64.2 Å². The van der Waals surface area contributed by atoms with Crippen molar-refractivity contribution >= 4 is 11.6 Å². The molecule has 0 saturated carbocycles. The van der Waals surface area contributed by atoms with E-state index in [-0.39, 0.29) is 11.9 Å². The van der Waals surface area contributed by atoms with Crippen LogP contribution in [0.1, 0.15) is 45.6 Å². The van der Waals surface area contributed by atoms with E-state index in [2.05, 4.69) is 37.4 Å². The van der Waals surface area contributed by atoms with Crippen molar-refractivity contribution in [2.24, 2.45) is 0 Å². The van der Waals surface area contributed by atoms with Gasteiger partial charge in [-0.3, -0.25) is 4.79 Å². The average Bonchev–Trinajstić information content (AvgIpc) is 2.44. The summed E-state index contributed by atoms with van der Waals surface area (Å²) in [5, 5.41) is 3.05. The molecule has 3 nitrogen and oxygen atoms in total. The van der Waals surface area contributed by atoms with Gasteiger partial charge >= 0.3 is 0 Å². The Morgan fingerprint density at radius 1 is 1.14 bits per heavy atom. The smallest absolute Gasteiger partial charge is 0.252 e. The minimum Gasteiger partial charge on any atom is -0.398 e. The second-order valence-electron chi connectivity index (χ2n) is 5.57. The summed E-state index contributed by atoms with van der Waals surface area (Å²) in [6, 6.07) is 11.6. The van der Waals surface area contributed by atoms with Crippen LogP contribution in [0.15, 0.2) is 36.4 Å². The minimum absolute atomic E-state index is 0.0433. The quantitative estimate of drug-likeness (QED) is 0.844. The maximum atomic E-state index is 12.4. The lowest BCUT2D eigenvalue weighted by Crippen LogP contribution is -2.28. The number of benzene rings is 2. The predicted molar refractivity (Wildman–Crippen MR) is 87.4 cm³/mol. The molecule has 3 N–H and O–H groups in total. The number of rotatable bonds is 3. The minimum atomic E-state index is -0.0896. The molecule has 2 aromatic rings. The fourth-order valence-electron chi connectivity index (χ4n) is 2.48. The highest BCUT2D eigenvalue weighted by Gasteiger charge is 2.15. The maximum absolute atomic E-state index is 12.4. The van der Waals surface area contributed by atoms with Crippen molar-refractivity contribution in [2.75, 3.05) is 5.73 Å². The summed E-state index contributed by atoms with van der Waals surface area (Å²) in [4.78, 5) is 12.4. The summed E-state index contributed by atoms with van der Waals surface area (Å²) in [5.74, 6) is -0.0896. The molecule has 0 saturated heterocycles. The molecule has 0 fully saturated rings. The highest BCUT2D eigenvalue weighted by molar-refractivity contribution is 5.97. The lowest BCUT2D eigenvalue weighted by Gasteiger charge is -2.18. The van der Waals surface area contributed by atoms with Crippen LogP contribution >= 0.6 is 0 Å². The predicted octanol–water partition coefficient (Wildman–Crippen LogP) is 3.69. The van der Waals surface area contributed by atoms with Crippen LogP contribution < -0.4 is 11.1 Å². The van der Waals surface area contributed by atoms with Gasteiger partial charge in [0.2, 0.25) is 0 Å². The zero-order valence-electron chi connectivity index (χ0n) is 13.0. The zero-order valence-corrected chi connectivity index (χ0v) is 13.0. The van der Waals surface area contributed by atoms with E-state index < -0.39 is 0 Å². The monoisotopic (exact) mass is 282 g/mol. The fourth-order valence-corrected chi connectivity index (χ4v) is 2.48. The van der Waals surface area contributed by atoms with Gasteiger partial charge in [0.15, 0.2) is 0 Å². The van der Waals surface area contributed by atoms with E-state index in [1.54, 1.807) is 18.2 Å². The van der Waals surface area contributed by atoms with Gasteiger partial charge in [0, 0.05) is 11.3 Å². The molecule has 21 heavy (non-hydrogen) atoms. The number of carbonyl (C=O) groups is 1. The molecule has 0 aliphatic heterocycles. The highest BCUT2D eigenvalue weighted by atomic mass is 16.1. The average molecular weight is 282 g/mol. The number of nitrogens with two attached hydrogens (primary N) is 1. The van der Waals surface area contributed by atoms with Gasteiger partial charge in [0.25, 0.3) is 5.91 Å². The lowest BCUT2D eigenvalue weighted by molar-refractivity contribution is 0.0939. The first-order valence-corrected chi connectivity index (χ1v) is 7.13. The van der Waals surface area contributed by atoms with Gasteiger partial charge in [0.05, 0.1) is 6.04 Å². The summed E-state index contributed by atoms with van der Waals surface area (Å²) >= 11 is 0. The molecule has 0 heterocycles. The third-order valence-corrected chi connectivity index (χ3v) is 3.87. The molecular weight excluding hydrogens is 260 g/mol. The Morgan fingerprint density at radius 3 is 2.57 bits per heavy atom. The standard InChI is InChI=1S/C18H22N2O/c1-11-8-9-12(2)16(10-11)14(4)20-18(21)15-6-5-7-17(19)13(15)3/h5-10,14H,19H2,1-4H3,(H,20,21). The van der Waals surface area contributed by atoms with Crippen LogP contribution in [0.2, 0.25) is 0 Å². The second kappa shape index (κ2) is 6.00. The van der Waals surface area contributed by atoms with E-state index in [1.165, 1.54) is 11.1 Å². The summed E-state index contributed by atoms with van der Waals surface area (Å²) in [6.45, 7) is 7.98. The van der Waals surface area contributed by atoms with Crippen LogP contribution in [0.25, 0.3) is 0 Å². The van der Waals surface area contributed by atoms with Gasteiger partial charge in [0.1, 0.15) is 0 Å². The lowest BCUT2D eigenvalue weighted by atomic mass is 9.99. The SMILES string of the molecule is Cc1ccc(C)c(C(C)NC(=O)c2cccc(N)c2C)c1. The van der Waals surface area contributed by atoms with Crippen LogP contribution in [-0.2, 0) is 0 Å². The van der Waals surface area contributed by atoms with Crippen molar-refractivity contribution in [3.8, 4) is 0 Å². The second-order valence-corrected chi connectivity index (χ2v) is 5.57.